The first kappa shape index (κ1) is 22.9. The van der Waals surface area contributed by atoms with Crippen molar-refractivity contribution in [3.63, 3.8) is 0 Å². The molecule has 1 fully saturated rings. The predicted molar refractivity (Wildman–Crippen MR) is 122 cm³/mol. The Balaban J connectivity index is 1.74. The molecule has 9 nitrogen and oxygen atoms in total. The van der Waals surface area contributed by atoms with Gasteiger partial charge in [-0.15, -0.1) is 0 Å². The summed E-state index contributed by atoms with van der Waals surface area (Å²) < 4.78 is 0. The molecular formula is C23H27N5O4. The lowest BCUT2D eigenvalue weighted by Crippen LogP contribution is -2.49. The van der Waals surface area contributed by atoms with E-state index in [1.807, 2.05) is 32.0 Å². The van der Waals surface area contributed by atoms with Crippen molar-refractivity contribution in [3.8, 4) is 0 Å². The SMILES string of the molecule is Cc1ccc(C(=N)C(CNC(=O)Nc2ccc(C)c([N+](=O)[O-])c2)N2CCCC2=O)cc1C. The van der Waals surface area contributed by atoms with Crippen LogP contribution in [0.5, 0.6) is 0 Å². The van der Waals surface area contributed by atoms with E-state index in [9.17, 15) is 19.7 Å². The van der Waals surface area contributed by atoms with Crippen LogP contribution in [0, 0.1) is 36.3 Å². The summed E-state index contributed by atoms with van der Waals surface area (Å²) in [6.45, 7) is 6.17. The van der Waals surface area contributed by atoms with E-state index in [1.54, 1.807) is 24.0 Å². The minimum Gasteiger partial charge on any atom is -0.335 e. The van der Waals surface area contributed by atoms with Crippen LogP contribution >= 0.6 is 0 Å². The average Bonchev–Trinajstić information content (AvgIpc) is 3.17. The highest BCUT2D eigenvalue weighted by molar-refractivity contribution is 6.04. The van der Waals surface area contributed by atoms with E-state index in [-0.39, 0.29) is 29.5 Å². The second-order valence-electron chi connectivity index (χ2n) is 8.01. The van der Waals surface area contributed by atoms with Gasteiger partial charge in [-0.3, -0.25) is 14.9 Å². The maximum Gasteiger partial charge on any atom is 0.319 e. The van der Waals surface area contributed by atoms with E-state index in [0.717, 1.165) is 17.5 Å². The fourth-order valence-corrected chi connectivity index (χ4v) is 3.72. The van der Waals surface area contributed by atoms with Crippen molar-refractivity contribution in [2.24, 2.45) is 0 Å². The fourth-order valence-electron chi connectivity index (χ4n) is 3.72. The minimum atomic E-state index is -0.606. The molecule has 0 radical (unpaired) electrons. The number of nitro benzene ring substituents is 1. The van der Waals surface area contributed by atoms with Gasteiger partial charge in [0.2, 0.25) is 5.91 Å². The van der Waals surface area contributed by atoms with Crippen molar-refractivity contribution < 1.29 is 14.5 Å². The molecule has 3 rings (SSSR count). The summed E-state index contributed by atoms with van der Waals surface area (Å²) in [7, 11) is 0. The average molecular weight is 438 g/mol. The van der Waals surface area contributed by atoms with Gasteiger partial charge in [0.1, 0.15) is 0 Å². The summed E-state index contributed by atoms with van der Waals surface area (Å²) in [6, 6.07) is 8.98. The molecule has 32 heavy (non-hydrogen) atoms. The number of nitrogens with zero attached hydrogens (tertiary/aromatic N) is 2. The van der Waals surface area contributed by atoms with E-state index < -0.39 is 17.0 Å². The van der Waals surface area contributed by atoms with Crippen molar-refractivity contribution in [1.29, 1.82) is 5.41 Å². The van der Waals surface area contributed by atoms with E-state index in [0.29, 0.717) is 24.1 Å². The Kier molecular flexibility index (Phi) is 6.87. The molecule has 0 aromatic heterocycles. The molecule has 2 aromatic rings. The number of aryl methyl sites for hydroxylation is 3. The minimum absolute atomic E-state index is 0.0417. The molecule has 3 amide bonds. The number of amides is 3. The summed E-state index contributed by atoms with van der Waals surface area (Å²) in [5, 5.41) is 25.2. The Morgan fingerprint density at radius 3 is 2.50 bits per heavy atom. The number of rotatable bonds is 7. The molecule has 2 aromatic carbocycles. The lowest BCUT2D eigenvalue weighted by Gasteiger charge is -2.29. The fraction of sp³-hybridized carbons (Fsp3) is 0.348. The maximum atomic E-state index is 12.5. The number of nitrogens with one attached hydrogen (secondary N) is 3. The topological polar surface area (TPSA) is 128 Å². The van der Waals surface area contributed by atoms with E-state index in [1.165, 1.54) is 6.07 Å². The van der Waals surface area contributed by atoms with Gasteiger partial charge in [0.05, 0.1) is 16.7 Å². The Bertz CT molecular complexity index is 1080. The summed E-state index contributed by atoms with van der Waals surface area (Å²) in [5.41, 5.74) is 3.82. The molecule has 3 N–H and O–H groups in total. The van der Waals surface area contributed by atoms with Gasteiger partial charge >= 0.3 is 6.03 Å². The number of carbonyl (C=O) groups excluding carboxylic acids is 2. The molecule has 1 atom stereocenters. The molecule has 1 aliphatic heterocycles. The number of benzene rings is 2. The second kappa shape index (κ2) is 9.59. The summed E-state index contributed by atoms with van der Waals surface area (Å²) in [6.07, 6.45) is 1.14. The monoisotopic (exact) mass is 437 g/mol. The zero-order valence-corrected chi connectivity index (χ0v) is 18.4. The van der Waals surface area contributed by atoms with Crippen LogP contribution in [0.3, 0.4) is 0 Å². The van der Waals surface area contributed by atoms with Gasteiger partial charge in [-0.25, -0.2) is 4.79 Å². The van der Waals surface area contributed by atoms with E-state index >= 15 is 0 Å². The van der Waals surface area contributed by atoms with E-state index in [2.05, 4.69) is 10.6 Å². The van der Waals surface area contributed by atoms with Crippen molar-refractivity contribution >= 4 is 29.0 Å². The normalized spacial score (nSPS) is 14.2. The first-order valence-corrected chi connectivity index (χ1v) is 10.4. The number of urea groups is 1. The summed E-state index contributed by atoms with van der Waals surface area (Å²) in [4.78, 5) is 37.1. The van der Waals surface area contributed by atoms with Gasteiger partial charge < -0.3 is 20.9 Å². The Morgan fingerprint density at radius 2 is 1.88 bits per heavy atom. The quantitative estimate of drug-likeness (QED) is 0.346. The first-order chi connectivity index (χ1) is 15.2. The zero-order chi connectivity index (χ0) is 23.4. The van der Waals surface area contributed by atoms with Crippen LogP contribution in [0.25, 0.3) is 0 Å². The smallest absolute Gasteiger partial charge is 0.319 e. The van der Waals surface area contributed by atoms with Crippen molar-refractivity contribution in [3.05, 3.63) is 68.8 Å². The molecule has 168 valence electrons. The molecule has 9 heteroatoms. The van der Waals surface area contributed by atoms with Crippen molar-refractivity contribution in [2.45, 2.75) is 39.7 Å². The number of hydrogen-bond acceptors (Lipinski definition) is 5. The lowest BCUT2D eigenvalue weighted by molar-refractivity contribution is -0.385. The standard InChI is InChI=1S/C23H27N5O4/c1-14-6-8-17(11-16(14)3)22(24)20(27-10-4-5-21(27)29)13-25-23(30)26-18-9-7-15(2)19(12-18)28(31)32/h6-9,11-12,20,24H,4-5,10,13H2,1-3H3,(H2,25,26,30). The van der Waals surface area contributed by atoms with Crippen molar-refractivity contribution in [2.75, 3.05) is 18.4 Å². The molecule has 1 aliphatic rings. The van der Waals surface area contributed by atoms with Crippen LogP contribution in [-0.4, -0.2) is 46.6 Å². The maximum absolute atomic E-state index is 12.5. The van der Waals surface area contributed by atoms with Gasteiger partial charge in [0.25, 0.3) is 5.69 Å². The van der Waals surface area contributed by atoms with E-state index in [4.69, 9.17) is 5.41 Å². The molecule has 1 heterocycles. The third-order valence-electron chi connectivity index (χ3n) is 5.76. The largest absolute Gasteiger partial charge is 0.335 e. The third kappa shape index (κ3) is 5.11. The third-order valence-corrected chi connectivity index (χ3v) is 5.76. The van der Waals surface area contributed by atoms with Gasteiger partial charge in [-0.1, -0.05) is 18.2 Å². The highest BCUT2D eigenvalue weighted by Gasteiger charge is 2.31. The number of nitro groups is 1. The summed E-state index contributed by atoms with van der Waals surface area (Å²) in [5.74, 6) is -0.0417. The van der Waals surface area contributed by atoms with Crippen LogP contribution in [0.1, 0.15) is 35.1 Å². The number of carbonyl (C=O) groups is 2. The zero-order valence-electron chi connectivity index (χ0n) is 18.4. The van der Waals surface area contributed by atoms with Crippen molar-refractivity contribution in [1.82, 2.24) is 10.2 Å². The highest BCUT2D eigenvalue weighted by atomic mass is 16.6. The second-order valence-corrected chi connectivity index (χ2v) is 8.01. The first-order valence-electron chi connectivity index (χ1n) is 10.4. The van der Waals surface area contributed by atoms with Crippen LogP contribution < -0.4 is 10.6 Å². The van der Waals surface area contributed by atoms with Crippen LogP contribution in [0.15, 0.2) is 36.4 Å². The molecule has 0 aliphatic carbocycles. The lowest BCUT2D eigenvalue weighted by atomic mass is 9.98. The number of anilines is 1. The highest BCUT2D eigenvalue weighted by Crippen LogP contribution is 2.22. The molecule has 1 saturated heterocycles. The molecular weight excluding hydrogens is 410 g/mol. The molecule has 0 saturated carbocycles. The van der Waals surface area contributed by atoms with Gasteiger partial charge in [0.15, 0.2) is 0 Å². The van der Waals surface area contributed by atoms with Gasteiger partial charge in [-0.2, -0.15) is 0 Å². The molecule has 0 spiro atoms. The Morgan fingerprint density at radius 1 is 1.16 bits per heavy atom. The van der Waals surface area contributed by atoms with Gasteiger partial charge in [-0.05, 0) is 56.0 Å². The number of likely N-dealkylation sites (tertiary alicyclic amines) is 1. The summed E-state index contributed by atoms with van der Waals surface area (Å²) >= 11 is 0. The number of hydrogen-bond donors (Lipinski definition) is 3. The van der Waals surface area contributed by atoms with Crippen LogP contribution in [-0.2, 0) is 4.79 Å². The molecule has 1 unspecified atom stereocenters. The van der Waals surface area contributed by atoms with Gasteiger partial charge in [0, 0.05) is 36.8 Å². The van der Waals surface area contributed by atoms with Crippen LogP contribution in [0.2, 0.25) is 0 Å². The molecule has 0 bridgehead atoms. The Labute approximate surface area is 186 Å². The Hall–Kier alpha value is -3.75. The van der Waals surface area contributed by atoms with Crippen LogP contribution in [0.4, 0.5) is 16.2 Å². The predicted octanol–water partition coefficient (Wildman–Crippen LogP) is 3.70.